The third kappa shape index (κ3) is 1.32. The Hall–Kier alpha value is -1.48. The number of benzene rings is 1. The van der Waals surface area contributed by atoms with E-state index in [0.29, 0.717) is 6.42 Å². The second kappa shape index (κ2) is 3.52. The maximum atomic E-state index is 9.70. The molecule has 3 nitrogen and oxygen atoms in total. The van der Waals surface area contributed by atoms with Crippen molar-refractivity contribution in [1.29, 1.82) is 0 Å². The minimum absolute atomic E-state index is 0.00681. The molecule has 3 heteroatoms. The van der Waals surface area contributed by atoms with Crippen molar-refractivity contribution in [2.45, 2.75) is 24.5 Å². The smallest absolute Gasteiger partial charge is 0.123 e. The maximum absolute atomic E-state index is 9.70. The molecule has 1 N–H and O–H groups in total. The second-order valence-corrected chi connectivity index (χ2v) is 4.25. The molecule has 3 rings (SSSR count). The van der Waals surface area contributed by atoms with Crippen LogP contribution >= 0.6 is 0 Å². The number of rotatable bonds is 1. The van der Waals surface area contributed by atoms with E-state index in [-0.39, 0.29) is 12.0 Å². The fourth-order valence-electron chi connectivity index (χ4n) is 2.59. The van der Waals surface area contributed by atoms with Gasteiger partial charge in [0, 0.05) is 12.0 Å². The van der Waals surface area contributed by atoms with Crippen LogP contribution in [0.4, 0.5) is 0 Å². The van der Waals surface area contributed by atoms with Gasteiger partial charge in [-0.25, -0.2) is 0 Å². The van der Waals surface area contributed by atoms with E-state index in [1.807, 2.05) is 18.2 Å². The number of fused-ring (bicyclic) bond motifs is 3. The number of aliphatic hydroxyl groups excluding tert-OH is 1. The van der Waals surface area contributed by atoms with E-state index >= 15 is 0 Å². The molecule has 3 unspecified atom stereocenters. The van der Waals surface area contributed by atoms with Crippen LogP contribution in [0.15, 0.2) is 36.1 Å². The molecule has 0 radical (unpaired) electrons. The van der Waals surface area contributed by atoms with Gasteiger partial charge in [0.25, 0.3) is 0 Å². The van der Waals surface area contributed by atoms with Gasteiger partial charge in [-0.05, 0) is 12.1 Å². The van der Waals surface area contributed by atoms with E-state index in [1.54, 1.807) is 13.2 Å². The van der Waals surface area contributed by atoms with Crippen molar-refractivity contribution in [3.8, 4) is 5.75 Å². The molecule has 1 heterocycles. The quantitative estimate of drug-likeness (QED) is 0.781. The molecule has 0 bridgehead atoms. The number of aliphatic hydroxyl groups is 1. The van der Waals surface area contributed by atoms with E-state index in [2.05, 4.69) is 6.07 Å². The third-order valence-electron chi connectivity index (χ3n) is 3.28. The first kappa shape index (κ1) is 9.73. The topological polar surface area (TPSA) is 38.7 Å². The highest BCUT2D eigenvalue weighted by Crippen LogP contribution is 2.46. The van der Waals surface area contributed by atoms with Gasteiger partial charge in [-0.2, -0.15) is 0 Å². The molecule has 1 aromatic carbocycles. The van der Waals surface area contributed by atoms with Crippen LogP contribution in [0.2, 0.25) is 0 Å². The molecule has 1 aliphatic carbocycles. The predicted molar refractivity (Wildman–Crippen MR) is 59.3 cm³/mol. The molecule has 0 saturated heterocycles. The molecule has 0 spiro atoms. The SMILES string of the molecule is COC1=CC(O)CC2Oc3ccccc3C12. The van der Waals surface area contributed by atoms with Crippen LogP contribution in [-0.2, 0) is 4.74 Å². The zero-order valence-electron chi connectivity index (χ0n) is 9.09. The van der Waals surface area contributed by atoms with E-state index in [4.69, 9.17) is 9.47 Å². The Morgan fingerprint density at radius 3 is 3.00 bits per heavy atom. The zero-order chi connectivity index (χ0) is 11.1. The van der Waals surface area contributed by atoms with Crippen molar-refractivity contribution in [1.82, 2.24) is 0 Å². The van der Waals surface area contributed by atoms with Gasteiger partial charge in [-0.3, -0.25) is 0 Å². The summed E-state index contributed by atoms with van der Waals surface area (Å²) < 4.78 is 11.2. The summed E-state index contributed by atoms with van der Waals surface area (Å²) in [7, 11) is 1.64. The van der Waals surface area contributed by atoms with Gasteiger partial charge in [-0.15, -0.1) is 0 Å². The van der Waals surface area contributed by atoms with Crippen LogP contribution in [0.1, 0.15) is 17.9 Å². The molecule has 0 amide bonds. The lowest BCUT2D eigenvalue weighted by Gasteiger charge is -2.27. The molecule has 3 atom stereocenters. The number of hydrogen-bond acceptors (Lipinski definition) is 3. The van der Waals surface area contributed by atoms with Crippen molar-refractivity contribution in [3.05, 3.63) is 41.7 Å². The largest absolute Gasteiger partial charge is 0.501 e. The van der Waals surface area contributed by atoms with E-state index in [0.717, 1.165) is 17.1 Å². The summed E-state index contributed by atoms with van der Waals surface area (Å²) in [6.45, 7) is 0. The van der Waals surface area contributed by atoms with Crippen LogP contribution in [-0.4, -0.2) is 24.4 Å². The highest BCUT2D eigenvalue weighted by Gasteiger charge is 2.41. The summed E-state index contributed by atoms with van der Waals surface area (Å²) >= 11 is 0. The van der Waals surface area contributed by atoms with Crippen molar-refractivity contribution in [2.24, 2.45) is 0 Å². The molecule has 84 valence electrons. The molecule has 16 heavy (non-hydrogen) atoms. The fourth-order valence-corrected chi connectivity index (χ4v) is 2.59. The molecule has 0 saturated carbocycles. The average molecular weight is 218 g/mol. The Morgan fingerprint density at radius 2 is 2.19 bits per heavy atom. The van der Waals surface area contributed by atoms with Crippen LogP contribution in [0.3, 0.4) is 0 Å². The van der Waals surface area contributed by atoms with Crippen LogP contribution < -0.4 is 4.74 Å². The minimum Gasteiger partial charge on any atom is -0.501 e. The van der Waals surface area contributed by atoms with Gasteiger partial charge >= 0.3 is 0 Å². The highest BCUT2D eigenvalue weighted by atomic mass is 16.5. The molecule has 1 aromatic rings. The number of hydrogen-bond donors (Lipinski definition) is 1. The summed E-state index contributed by atoms with van der Waals surface area (Å²) in [5.74, 6) is 1.87. The lowest BCUT2D eigenvalue weighted by atomic mass is 9.85. The summed E-state index contributed by atoms with van der Waals surface area (Å²) in [4.78, 5) is 0. The number of methoxy groups -OCH3 is 1. The fraction of sp³-hybridized carbons (Fsp3) is 0.385. The number of para-hydroxylation sites is 1. The first-order valence-electron chi connectivity index (χ1n) is 5.49. The monoisotopic (exact) mass is 218 g/mol. The van der Waals surface area contributed by atoms with Gasteiger partial charge < -0.3 is 14.6 Å². The lowest BCUT2D eigenvalue weighted by Crippen LogP contribution is -2.30. The lowest BCUT2D eigenvalue weighted by molar-refractivity contribution is 0.0909. The third-order valence-corrected chi connectivity index (χ3v) is 3.28. The van der Waals surface area contributed by atoms with Crippen LogP contribution in [0.5, 0.6) is 5.75 Å². The van der Waals surface area contributed by atoms with Gasteiger partial charge in [-0.1, -0.05) is 18.2 Å². The van der Waals surface area contributed by atoms with Crippen molar-refractivity contribution < 1.29 is 14.6 Å². The number of ether oxygens (including phenoxy) is 2. The average Bonchev–Trinajstić information content (AvgIpc) is 2.65. The van der Waals surface area contributed by atoms with Gasteiger partial charge in [0.1, 0.15) is 17.6 Å². The summed E-state index contributed by atoms with van der Waals surface area (Å²) in [5.41, 5.74) is 1.16. The summed E-state index contributed by atoms with van der Waals surface area (Å²) in [6, 6.07) is 7.99. The molecular weight excluding hydrogens is 204 g/mol. The molecule has 1 aliphatic heterocycles. The molecular formula is C13H14O3. The van der Waals surface area contributed by atoms with Gasteiger partial charge in [0.05, 0.1) is 19.1 Å². The van der Waals surface area contributed by atoms with Crippen LogP contribution in [0.25, 0.3) is 0 Å². The van der Waals surface area contributed by atoms with E-state index in [9.17, 15) is 5.11 Å². The Balaban J connectivity index is 2.06. The standard InChI is InChI=1S/C13H14O3/c1-15-11-6-8(14)7-12-13(11)9-4-2-3-5-10(9)16-12/h2-6,8,12-14H,7H2,1H3. The molecule has 0 aromatic heterocycles. The van der Waals surface area contributed by atoms with E-state index in [1.165, 1.54) is 0 Å². The second-order valence-electron chi connectivity index (χ2n) is 4.25. The van der Waals surface area contributed by atoms with Gasteiger partial charge in [0.15, 0.2) is 0 Å². The van der Waals surface area contributed by atoms with Crippen LogP contribution in [0, 0.1) is 0 Å². The van der Waals surface area contributed by atoms with Gasteiger partial charge in [0.2, 0.25) is 0 Å². The Bertz CT molecular complexity index is 439. The van der Waals surface area contributed by atoms with Crippen molar-refractivity contribution in [3.63, 3.8) is 0 Å². The van der Waals surface area contributed by atoms with E-state index < -0.39 is 6.10 Å². The Kier molecular flexibility index (Phi) is 2.14. The first-order chi connectivity index (χ1) is 7.79. The zero-order valence-corrected chi connectivity index (χ0v) is 9.09. The Labute approximate surface area is 94.3 Å². The minimum atomic E-state index is -0.467. The highest BCUT2D eigenvalue weighted by molar-refractivity contribution is 5.46. The van der Waals surface area contributed by atoms with Crippen molar-refractivity contribution >= 4 is 0 Å². The first-order valence-corrected chi connectivity index (χ1v) is 5.49. The molecule has 0 fully saturated rings. The summed E-state index contributed by atoms with van der Waals surface area (Å²) in [5, 5.41) is 9.70. The normalized spacial score (nSPS) is 31.1. The predicted octanol–water partition coefficient (Wildman–Crippen LogP) is 1.83. The Morgan fingerprint density at radius 1 is 1.38 bits per heavy atom. The summed E-state index contributed by atoms with van der Waals surface area (Å²) in [6.07, 6.45) is 1.96. The molecule has 2 aliphatic rings. The maximum Gasteiger partial charge on any atom is 0.123 e. The van der Waals surface area contributed by atoms with Crippen molar-refractivity contribution in [2.75, 3.05) is 7.11 Å².